The third-order valence-electron chi connectivity index (χ3n) is 3.59. The molecule has 2 N–H and O–H groups in total. The smallest absolute Gasteiger partial charge is 0.237 e. The van der Waals surface area contributed by atoms with Crippen molar-refractivity contribution in [1.29, 1.82) is 0 Å². The van der Waals surface area contributed by atoms with Crippen molar-refractivity contribution in [1.82, 2.24) is 9.21 Å². The van der Waals surface area contributed by atoms with Crippen molar-refractivity contribution in [2.75, 3.05) is 32.4 Å². The number of carbonyl (C=O) groups is 1. The minimum Gasteiger partial charge on any atom is -0.345 e. The van der Waals surface area contributed by atoms with Crippen LogP contribution in [-0.2, 0) is 14.8 Å². The van der Waals surface area contributed by atoms with Gasteiger partial charge in [0.1, 0.15) is 0 Å². The van der Waals surface area contributed by atoms with E-state index in [1.807, 2.05) is 13.8 Å². The highest BCUT2D eigenvalue weighted by atomic mass is 32.2. The van der Waals surface area contributed by atoms with Crippen molar-refractivity contribution >= 4 is 15.9 Å². The Bertz CT molecular complexity index is 408. The van der Waals surface area contributed by atoms with Crippen molar-refractivity contribution in [2.45, 2.75) is 32.7 Å². The van der Waals surface area contributed by atoms with Gasteiger partial charge in [0.15, 0.2) is 0 Å². The van der Waals surface area contributed by atoms with Crippen LogP contribution < -0.4 is 5.73 Å². The first-order chi connectivity index (χ1) is 8.74. The quantitative estimate of drug-likeness (QED) is 0.738. The average Bonchev–Trinajstić information content (AvgIpc) is 2.64. The number of sulfonamides is 1. The Balaban J connectivity index is 2.41. The lowest BCUT2D eigenvalue weighted by Gasteiger charge is -2.23. The van der Waals surface area contributed by atoms with Gasteiger partial charge in [0.05, 0.1) is 12.3 Å². The van der Waals surface area contributed by atoms with Crippen LogP contribution in [0.1, 0.15) is 26.7 Å². The number of hydrogen-bond donors (Lipinski definition) is 1. The summed E-state index contributed by atoms with van der Waals surface area (Å²) in [4.78, 5) is 13.5. The highest BCUT2D eigenvalue weighted by molar-refractivity contribution is 7.89. The molecule has 1 atom stereocenters. The Morgan fingerprint density at radius 3 is 2.53 bits per heavy atom. The summed E-state index contributed by atoms with van der Waals surface area (Å²) >= 11 is 0. The van der Waals surface area contributed by atoms with E-state index >= 15 is 0 Å². The molecule has 0 radical (unpaired) electrons. The second-order valence-electron chi connectivity index (χ2n) is 5.51. The van der Waals surface area contributed by atoms with E-state index in [0.717, 1.165) is 6.42 Å². The highest BCUT2D eigenvalue weighted by Crippen LogP contribution is 2.13. The molecule has 0 saturated carbocycles. The normalized spacial score (nSPS) is 20.7. The Labute approximate surface area is 116 Å². The average molecular weight is 291 g/mol. The second-order valence-corrected chi connectivity index (χ2v) is 7.60. The van der Waals surface area contributed by atoms with E-state index in [1.54, 1.807) is 11.9 Å². The number of hydrogen-bond acceptors (Lipinski definition) is 4. The predicted octanol–water partition coefficient (Wildman–Crippen LogP) is -0.146. The lowest BCUT2D eigenvalue weighted by Crippen LogP contribution is -2.41. The summed E-state index contributed by atoms with van der Waals surface area (Å²) < 4.78 is 24.5. The molecule has 19 heavy (non-hydrogen) atoms. The number of carbonyl (C=O) groups excluding carboxylic acids is 1. The van der Waals surface area contributed by atoms with Crippen LogP contribution in [0.4, 0.5) is 0 Å². The Hall–Kier alpha value is -0.660. The van der Waals surface area contributed by atoms with Gasteiger partial charge in [-0.25, -0.2) is 8.42 Å². The summed E-state index contributed by atoms with van der Waals surface area (Å²) in [5, 5.41) is 0. The third-order valence-corrected chi connectivity index (χ3v) is 5.50. The molecule has 0 aromatic carbocycles. The standard InChI is InChI=1S/C12H25N3O3S/c1-10(2)11(13)5-7-14(3)12(16)9-15-6-4-8-19(15,17)18/h10-11H,4-9,13H2,1-3H3. The molecule has 0 bridgehead atoms. The van der Waals surface area contributed by atoms with Crippen LogP contribution in [0.3, 0.4) is 0 Å². The fourth-order valence-electron chi connectivity index (χ4n) is 1.94. The Kier molecular flexibility index (Phi) is 5.76. The summed E-state index contributed by atoms with van der Waals surface area (Å²) in [5.74, 6) is 0.367. The van der Waals surface area contributed by atoms with E-state index in [1.165, 1.54) is 4.31 Å². The van der Waals surface area contributed by atoms with Crippen molar-refractivity contribution < 1.29 is 13.2 Å². The van der Waals surface area contributed by atoms with Crippen LogP contribution in [0, 0.1) is 5.92 Å². The zero-order valence-electron chi connectivity index (χ0n) is 12.0. The SMILES string of the molecule is CC(C)C(N)CCN(C)C(=O)CN1CCCS1(=O)=O. The molecule has 1 fully saturated rings. The molecule has 1 aliphatic rings. The molecule has 0 aliphatic carbocycles. The summed E-state index contributed by atoms with van der Waals surface area (Å²) in [5.41, 5.74) is 5.93. The Morgan fingerprint density at radius 1 is 1.42 bits per heavy atom. The topological polar surface area (TPSA) is 83.7 Å². The molecule has 7 heteroatoms. The predicted molar refractivity (Wildman–Crippen MR) is 75.0 cm³/mol. The van der Waals surface area contributed by atoms with Gasteiger partial charge in [-0.15, -0.1) is 0 Å². The minimum absolute atomic E-state index is 0.0459. The molecule has 0 spiro atoms. The van der Waals surface area contributed by atoms with Crippen LogP contribution in [0.5, 0.6) is 0 Å². The number of nitrogens with zero attached hydrogens (tertiary/aromatic N) is 2. The van der Waals surface area contributed by atoms with Crippen molar-refractivity contribution in [3.8, 4) is 0 Å². The van der Waals surface area contributed by atoms with Gasteiger partial charge in [-0.1, -0.05) is 13.8 Å². The van der Waals surface area contributed by atoms with Crippen molar-refractivity contribution in [3.63, 3.8) is 0 Å². The molecule has 0 aromatic heterocycles. The first-order valence-electron chi connectivity index (χ1n) is 6.71. The molecule has 1 rings (SSSR count). The molecular formula is C12H25N3O3S. The van der Waals surface area contributed by atoms with Crippen LogP contribution in [0.25, 0.3) is 0 Å². The summed E-state index contributed by atoms with van der Waals surface area (Å²) in [7, 11) is -1.51. The fourth-order valence-corrected chi connectivity index (χ4v) is 3.41. The number of rotatable bonds is 6. The van der Waals surface area contributed by atoms with Gasteiger partial charge in [0.25, 0.3) is 0 Å². The van der Waals surface area contributed by atoms with Gasteiger partial charge >= 0.3 is 0 Å². The molecule has 112 valence electrons. The molecular weight excluding hydrogens is 266 g/mol. The van der Waals surface area contributed by atoms with Gasteiger partial charge in [-0.05, 0) is 18.8 Å². The highest BCUT2D eigenvalue weighted by Gasteiger charge is 2.30. The fraction of sp³-hybridized carbons (Fsp3) is 0.917. The maximum absolute atomic E-state index is 11.9. The minimum atomic E-state index is -3.20. The number of amides is 1. The molecule has 1 heterocycles. The van der Waals surface area contributed by atoms with Gasteiger partial charge in [0, 0.05) is 26.2 Å². The molecule has 1 aliphatic heterocycles. The van der Waals surface area contributed by atoms with Gasteiger partial charge in [-0.2, -0.15) is 4.31 Å². The van der Waals surface area contributed by atoms with E-state index < -0.39 is 10.0 Å². The first kappa shape index (κ1) is 16.4. The Morgan fingerprint density at radius 2 is 2.05 bits per heavy atom. The van der Waals surface area contributed by atoms with E-state index in [0.29, 0.717) is 25.4 Å². The van der Waals surface area contributed by atoms with E-state index in [2.05, 4.69) is 0 Å². The number of likely N-dealkylation sites (N-methyl/N-ethyl adjacent to an activating group) is 1. The molecule has 1 amide bonds. The van der Waals surface area contributed by atoms with Crippen molar-refractivity contribution in [2.24, 2.45) is 11.7 Å². The third kappa shape index (κ3) is 4.74. The maximum Gasteiger partial charge on any atom is 0.237 e. The zero-order valence-corrected chi connectivity index (χ0v) is 12.8. The van der Waals surface area contributed by atoms with Gasteiger partial charge < -0.3 is 10.6 Å². The zero-order chi connectivity index (χ0) is 14.6. The van der Waals surface area contributed by atoms with Crippen LogP contribution in [0.2, 0.25) is 0 Å². The lowest BCUT2D eigenvalue weighted by atomic mass is 10.0. The van der Waals surface area contributed by atoms with Crippen molar-refractivity contribution in [3.05, 3.63) is 0 Å². The van der Waals surface area contributed by atoms with E-state index in [4.69, 9.17) is 5.73 Å². The molecule has 1 unspecified atom stereocenters. The summed E-state index contributed by atoms with van der Waals surface area (Å²) in [6.45, 7) is 5.06. The van der Waals surface area contributed by atoms with Crippen LogP contribution in [0.15, 0.2) is 0 Å². The maximum atomic E-state index is 11.9. The van der Waals surface area contributed by atoms with E-state index in [9.17, 15) is 13.2 Å². The van der Waals surface area contributed by atoms with Gasteiger partial charge in [0.2, 0.25) is 15.9 Å². The summed E-state index contributed by atoms with van der Waals surface area (Å²) in [6, 6.07) is 0.0609. The summed E-state index contributed by atoms with van der Waals surface area (Å²) in [6.07, 6.45) is 1.34. The van der Waals surface area contributed by atoms with Crippen LogP contribution in [-0.4, -0.2) is 62.0 Å². The molecule has 6 nitrogen and oxygen atoms in total. The van der Waals surface area contributed by atoms with E-state index in [-0.39, 0.29) is 24.2 Å². The lowest BCUT2D eigenvalue weighted by molar-refractivity contribution is -0.130. The monoisotopic (exact) mass is 291 g/mol. The molecule has 1 saturated heterocycles. The van der Waals surface area contributed by atoms with Crippen LogP contribution >= 0.6 is 0 Å². The largest absolute Gasteiger partial charge is 0.345 e. The first-order valence-corrected chi connectivity index (χ1v) is 8.32. The second kappa shape index (κ2) is 6.67. The molecule has 0 aromatic rings. The van der Waals surface area contributed by atoms with Gasteiger partial charge in [-0.3, -0.25) is 4.79 Å². The number of nitrogens with two attached hydrogens (primary N) is 1.